The van der Waals surface area contributed by atoms with Crippen molar-refractivity contribution in [2.75, 3.05) is 11.5 Å². The van der Waals surface area contributed by atoms with E-state index in [0.29, 0.717) is 5.92 Å². The van der Waals surface area contributed by atoms with E-state index in [0.717, 1.165) is 17.3 Å². The van der Waals surface area contributed by atoms with Crippen molar-refractivity contribution in [1.29, 1.82) is 0 Å². The number of rotatable bonds is 1. The predicted molar refractivity (Wildman–Crippen MR) is 50.9 cm³/mol. The third-order valence-corrected chi connectivity index (χ3v) is 3.94. The number of nitrogens with zero attached hydrogens (tertiary/aromatic N) is 1. The number of nitrogens with two attached hydrogens (primary N) is 1. The maximum Gasteiger partial charge on any atom is 0.127 e. The van der Waals surface area contributed by atoms with E-state index in [9.17, 15) is 0 Å². The summed E-state index contributed by atoms with van der Waals surface area (Å²) in [6.07, 6.45) is 3.60. The molecule has 2 unspecified atom stereocenters. The molecule has 1 aromatic heterocycles. The topological polar surface area (TPSA) is 54.7 Å². The lowest BCUT2D eigenvalue weighted by atomic mass is 9.89. The van der Waals surface area contributed by atoms with Crippen molar-refractivity contribution < 1.29 is 0 Å². The highest BCUT2D eigenvalue weighted by atomic mass is 32.2. The molecule has 12 heavy (non-hydrogen) atoms. The van der Waals surface area contributed by atoms with E-state index >= 15 is 0 Å². The number of H-pyrrole nitrogens is 1. The highest BCUT2D eigenvalue weighted by Gasteiger charge is 2.40. The van der Waals surface area contributed by atoms with Gasteiger partial charge in [-0.2, -0.15) is 11.8 Å². The second kappa shape index (κ2) is 2.78. The quantitative estimate of drug-likeness (QED) is 0.681. The molecule has 2 rings (SSSR count). The molecule has 2 heterocycles. The Morgan fingerprint density at radius 3 is 3.17 bits per heavy atom. The Hall–Kier alpha value is -0.480. The standard InChI is InChI=1S/C8H13N3S/c1-6-4-12-5-8(6,9)7-10-2-3-11-7/h2-3,6H,4-5,9H2,1H3,(H,10,11). The molecule has 3 N–H and O–H groups in total. The normalized spacial score (nSPS) is 35.7. The second-order valence-corrected chi connectivity index (χ2v) is 4.42. The van der Waals surface area contributed by atoms with Gasteiger partial charge in [-0.25, -0.2) is 4.98 Å². The number of aromatic nitrogens is 2. The van der Waals surface area contributed by atoms with Crippen LogP contribution in [0.15, 0.2) is 12.4 Å². The fraction of sp³-hybridized carbons (Fsp3) is 0.625. The molecule has 0 radical (unpaired) electrons. The Kier molecular flexibility index (Phi) is 1.88. The van der Waals surface area contributed by atoms with E-state index in [1.807, 2.05) is 18.0 Å². The minimum absolute atomic E-state index is 0.228. The molecule has 66 valence electrons. The van der Waals surface area contributed by atoms with Crippen molar-refractivity contribution >= 4 is 11.8 Å². The molecule has 0 aliphatic carbocycles. The molecule has 0 amide bonds. The van der Waals surface area contributed by atoms with Gasteiger partial charge in [0.25, 0.3) is 0 Å². The van der Waals surface area contributed by atoms with Crippen molar-refractivity contribution in [3.05, 3.63) is 18.2 Å². The SMILES string of the molecule is CC1CSCC1(N)c1ncc[nH]1. The van der Waals surface area contributed by atoms with Gasteiger partial charge in [0.15, 0.2) is 0 Å². The minimum atomic E-state index is -0.228. The van der Waals surface area contributed by atoms with Crippen LogP contribution in [0.5, 0.6) is 0 Å². The summed E-state index contributed by atoms with van der Waals surface area (Å²) in [7, 11) is 0. The molecule has 0 aromatic carbocycles. The molecular formula is C8H13N3S. The van der Waals surface area contributed by atoms with Gasteiger partial charge < -0.3 is 10.7 Å². The summed E-state index contributed by atoms with van der Waals surface area (Å²) in [6, 6.07) is 0. The van der Waals surface area contributed by atoms with Gasteiger partial charge in [0.1, 0.15) is 5.82 Å². The Labute approximate surface area is 76.1 Å². The second-order valence-electron chi connectivity index (χ2n) is 3.39. The van der Waals surface area contributed by atoms with E-state index in [2.05, 4.69) is 16.9 Å². The zero-order valence-corrected chi connectivity index (χ0v) is 7.90. The monoisotopic (exact) mass is 183 g/mol. The molecule has 1 aliphatic heterocycles. The van der Waals surface area contributed by atoms with E-state index in [-0.39, 0.29) is 5.54 Å². The molecule has 0 saturated carbocycles. The maximum absolute atomic E-state index is 6.25. The fourth-order valence-electron chi connectivity index (χ4n) is 1.52. The number of hydrogen-bond acceptors (Lipinski definition) is 3. The van der Waals surface area contributed by atoms with Gasteiger partial charge >= 0.3 is 0 Å². The third-order valence-electron chi connectivity index (χ3n) is 2.53. The summed E-state index contributed by atoms with van der Waals surface area (Å²) in [5.41, 5.74) is 6.03. The van der Waals surface area contributed by atoms with Gasteiger partial charge in [0.2, 0.25) is 0 Å². The Balaban J connectivity index is 2.32. The minimum Gasteiger partial charge on any atom is -0.347 e. The molecule has 1 aliphatic rings. The van der Waals surface area contributed by atoms with Crippen LogP contribution in [0, 0.1) is 5.92 Å². The average Bonchev–Trinajstić information content (AvgIpc) is 2.62. The molecule has 0 bridgehead atoms. The van der Waals surface area contributed by atoms with Crippen LogP contribution in [-0.2, 0) is 5.54 Å². The number of thioether (sulfide) groups is 1. The first kappa shape index (κ1) is 8.13. The number of imidazole rings is 1. The largest absolute Gasteiger partial charge is 0.347 e. The van der Waals surface area contributed by atoms with Crippen LogP contribution in [0.2, 0.25) is 0 Å². The van der Waals surface area contributed by atoms with E-state index in [4.69, 9.17) is 5.73 Å². The first-order valence-electron chi connectivity index (χ1n) is 4.10. The fourth-order valence-corrected chi connectivity index (χ4v) is 3.04. The molecule has 1 fully saturated rings. The van der Waals surface area contributed by atoms with Crippen molar-refractivity contribution in [2.24, 2.45) is 11.7 Å². The highest BCUT2D eigenvalue weighted by molar-refractivity contribution is 7.99. The smallest absolute Gasteiger partial charge is 0.127 e. The molecule has 4 heteroatoms. The summed E-state index contributed by atoms with van der Waals surface area (Å²) in [5, 5.41) is 0. The predicted octanol–water partition coefficient (Wildman–Crippen LogP) is 0.947. The van der Waals surface area contributed by atoms with Gasteiger partial charge in [-0.05, 0) is 11.7 Å². The zero-order valence-electron chi connectivity index (χ0n) is 7.08. The van der Waals surface area contributed by atoms with Gasteiger partial charge in [-0.15, -0.1) is 0 Å². The molecular weight excluding hydrogens is 170 g/mol. The lowest BCUT2D eigenvalue weighted by Gasteiger charge is -2.25. The molecule has 1 saturated heterocycles. The van der Waals surface area contributed by atoms with Gasteiger partial charge in [-0.3, -0.25) is 0 Å². The van der Waals surface area contributed by atoms with Crippen molar-refractivity contribution in [3.63, 3.8) is 0 Å². The molecule has 2 atom stereocenters. The lowest BCUT2D eigenvalue weighted by Crippen LogP contribution is -2.43. The van der Waals surface area contributed by atoms with Crippen molar-refractivity contribution in [1.82, 2.24) is 9.97 Å². The van der Waals surface area contributed by atoms with Gasteiger partial charge in [0, 0.05) is 18.1 Å². The van der Waals surface area contributed by atoms with Crippen molar-refractivity contribution in [2.45, 2.75) is 12.5 Å². The number of aromatic amines is 1. The molecule has 0 spiro atoms. The van der Waals surface area contributed by atoms with Crippen LogP contribution < -0.4 is 5.73 Å². The summed E-state index contributed by atoms with van der Waals surface area (Å²) in [6.45, 7) is 2.18. The van der Waals surface area contributed by atoms with Crippen LogP contribution >= 0.6 is 11.8 Å². The molecule has 3 nitrogen and oxygen atoms in total. The average molecular weight is 183 g/mol. The van der Waals surface area contributed by atoms with Crippen LogP contribution in [0.4, 0.5) is 0 Å². The third kappa shape index (κ3) is 1.06. The van der Waals surface area contributed by atoms with Crippen LogP contribution in [0.25, 0.3) is 0 Å². The lowest BCUT2D eigenvalue weighted by molar-refractivity contribution is 0.363. The maximum atomic E-state index is 6.25. The highest BCUT2D eigenvalue weighted by Crippen LogP contribution is 2.37. The van der Waals surface area contributed by atoms with Crippen LogP contribution in [0.1, 0.15) is 12.7 Å². The van der Waals surface area contributed by atoms with Crippen LogP contribution in [-0.4, -0.2) is 21.5 Å². The zero-order chi connectivity index (χ0) is 8.60. The Bertz CT molecular complexity index is 259. The number of hydrogen-bond donors (Lipinski definition) is 2. The van der Waals surface area contributed by atoms with Crippen molar-refractivity contribution in [3.8, 4) is 0 Å². The van der Waals surface area contributed by atoms with E-state index < -0.39 is 0 Å². The Morgan fingerprint density at radius 2 is 2.67 bits per heavy atom. The van der Waals surface area contributed by atoms with E-state index in [1.165, 1.54) is 0 Å². The Morgan fingerprint density at radius 1 is 1.83 bits per heavy atom. The summed E-state index contributed by atoms with van der Waals surface area (Å²) in [4.78, 5) is 7.33. The first-order chi connectivity index (χ1) is 5.73. The summed E-state index contributed by atoms with van der Waals surface area (Å²) < 4.78 is 0. The molecule has 1 aromatic rings. The first-order valence-corrected chi connectivity index (χ1v) is 5.25. The number of nitrogens with one attached hydrogen (secondary N) is 1. The van der Waals surface area contributed by atoms with E-state index in [1.54, 1.807) is 6.20 Å². The van der Waals surface area contributed by atoms with Crippen LogP contribution in [0.3, 0.4) is 0 Å². The van der Waals surface area contributed by atoms with Gasteiger partial charge in [-0.1, -0.05) is 6.92 Å². The van der Waals surface area contributed by atoms with Gasteiger partial charge in [0.05, 0.1) is 5.54 Å². The summed E-state index contributed by atoms with van der Waals surface area (Å²) >= 11 is 1.90. The summed E-state index contributed by atoms with van der Waals surface area (Å²) in [5.74, 6) is 3.55.